The molecule has 0 fully saturated rings. The van der Waals surface area contributed by atoms with E-state index in [0.29, 0.717) is 0 Å². The lowest BCUT2D eigenvalue weighted by Crippen LogP contribution is -2.09. The Morgan fingerprint density at radius 3 is 2.07 bits per heavy atom. The average Bonchev–Trinajstić information content (AvgIpc) is 2.68. The van der Waals surface area contributed by atoms with Gasteiger partial charge in [0.05, 0.1) is 0 Å². The van der Waals surface area contributed by atoms with Gasteiger partial charge < -0.3 is 0 Å². The predicted octanol–water partition coefficient (Wildman–Crippen LogP) is 6.52. The number of benzene rings is 1. The second-order valence-electron chi connectivity index (χ2n) is 6.49. The Balaban J connectivity index is 3.57. The van der Waals surface area contributed by atoms with E-state index in [1.54, 1.807) is 6.08 Å². The highest BCUT2D eigenvalue weighted by atomic mass is 14.1. The van der Waals surface area contributed by atoms with Gasteiger partial charge in [-0.2, -0.15) is 0 Å². The first kappa shape index (κ1) is 22.9. The molecule has 1 aromatic rings. The van der Waals surface area contributed by atoms with Crippen LogP contribution in [0.3, 0.4) is 0 Å². The van der Waals surface area contributed by atoms with Gasteiger partial charge in [0, 0.05) is 0 Å². The predicted molar refractivity (Wildman–Crippen MR) is 128 cm³/mol. The Morgan fingerprint density at radius 2 is 1.54 bits per heavy atom. The van der Waals surface area contributed by atoms with Crippen LogP contribution in [-0.2, 0) is 0 Å². The van der Waals surface area contributed by atoms with Gasteiger partial charge in [-0.25, -0.2) is 0 Å². The standard InChI is InChI=1S/C28H32/c1-8-13-23(6)27(25(11-4)15-10-3)16-12-17-28(24(7)14-9-2)26-20-18-22(5)19-21-26/h9-21H,2-5,8H2,1,6-7H3/b17-12?,23-13+,24-14+,25-15+,27-16?. The molecule has 0 bridgehead atoms. The zero-order chi connectivity index (χ0) is 20.9. The molecule has 0 aliphatic heterocycles. The molecule has 0 amide bonds. The van der Waals surface area contributed by atoms with Crippen molar-refractivity contribution >= 4 is 12.2 Å². The van der Waals surface area contributed by atoms with E-state index in [4.69, 9.17) is 0 Å². The lowest BCUT2D eigenvalue weighted by Gasteiger charge is -2.09. The maximum atomic E-state index is 3.97. The van der Waals surface area contributed by atoms with Gasteiger partial charge in [-0.1, -0.05) is 112 Å². The van der Waals surface area contributed by atoms with Gasteiger partial charge in [0.2, 0.25) is 0 Å². The molecule has 0 aliphatic carbocycles. The zero-order valence-corrected chi connectivity index (χ0v) is 17.5. The van der Waals surface area contributed by atoms with Gasteiger partial charge in [0.25, 0.3) is 0 Å². The maximum absolute atomic E-state index is 3.97. The first-order chi connectivity index (χ1) is 13.5. The number of hydrogen-bond acceptors (Lipinski definition) is 0. The van der Waals surface area contributed by atoms with Gasteiger partial charge in [-0.3, -0.25) is 0 Å². The van der Waals surface area contributed by atoms with Crippen LogP contribution >= 0.6 is 0 Å². The summed E-state index contributed by atoms with van der Waals surface area (Å²) in [5, 5.41) is 2.16. The van der Waals surface area contributed by atoms with Crippen molar-refractivity contribution in [3.63, 3.8) is 0 Å². The molecule has 0 spiro atoms. The Labute approximate surface area is 171 Å². The second-order valence-corrected chi connectivity index (χ2v) is 6.49. The molecule has 0 radical (unpaired) electrons. The van der Waals surface area contributed by atoms with Crippen LogP contribution in [0.2, 0.25) is 0 Å². The minimum Gasteiger partial charge on any atom is -0.0991 e. The Kier molecular flexibility index (Phi) is 10.1. The third-order valence-corrected chi connectivity index (χ3v) is 4.35. The lowest BCUT2D eigenvalue weighted by atomic mass is 9.96. The first-order valence-corrected chi connectivity index (χ1v) is 9.58. The van der Waals surface area contributed by atoms with E-state index in [2.05, 4.69) is 83.5 Å². The first-order valence-electron chi connectivity index (χ1n) is 9.58. The fourth-order valence-corrected chi connectivity index (χ4v) is 2.91. The third-order valence-electron chi connectivity index (χ3n) is 4.35. The molecule has 0 saturated heterocycles. The molecule has 1 aromatic carbocycles. The summed E-state index contributed by atoms with van der Waals surface area (Å²) in [5.41, 5.74) is 5.74. The van der Waals surface area contributed by atoms with Gasteiger partial charge in [-0.05, 0) is 58.6 Å². The third kappa shape index (κ3) is 6.89. The Morgan fingerprint density at radius 1 is 0.893 bits per heavy atom. The van der Waals surface area contributed by atoms with Crippen LogP contribution in [-0.4, -0.2) is 0 Å². The molecular weight excluding hydrogens is 336 g/mol. The van der Waals surface area contributed by atoms with Gasteiger partial charge in [0.1, 0.15) is 0 Å². The summed E-state index contributed by atoms with van der Waals surface area (Å²) in [6.45, 7) is 21.9. The summed E-state index contributed by atoms with van der Waals surface area (Å²) in [7, 11) is 0. The second kappa shape index (κ2) is 12.3. The summed E-state index contributed by atoms with van der Waals surface area (Å²) < 4.78 is 0. The van der Waals surface area contributed by atoms with Gasteiger partial charge in [0.15, 0.2) is 0 Å². The summed E-state index contributed by atoms with van der Waals surface area (Å²) in [5.74, 6) is 0. The smallest absolute Gasteiger partial charge is 0.0155 e. The van der Waals surface area contributed by atoms with E-state index in [1.807, 2.05) is 36.4 Å². The van der Waals surface area contributed by atoms with E-state index in [9.17, 15) is 0 Å². The fourth-order valence-electron chi connectivity index (χ4n) is 2.91. The van der Waals surface area contributed by atoms with Crippen LogP contribution in [0.1, 0.15) is 27.2 Å². The van der Waals surface area contributed by atoms with Crippen molar-refractivity contribution in [1.29, 1.82) is 0 Å². The van der Waals surface area contributed by atoms with Crippen LogP contribution in [0.25, 0.3) is 12.2 Å². The Hall–Kier alpha value is -3.12. The largest absolute Gasteiger partial charge is 0.0991 e. The van der Waals surface area contributed by atoms with Gasteiger partial charge in [-0.15, -0.1) is 0 Å². The van der Waals surface area contributed by atoms with E-state index >= 15 is 0 Å². The summed E-state index contributed by atoms with van der Waals surface area (Å²) >= 11 is 0. The van der Waals surface area contributed by atoms with Gasteiger partial charge >= 0.3 is 0 Å². The average molecular weight is 369 g/mol. The van der Waals surface area contributed by atoms with E-state index in [0.717, 1.165) is 39.2 Å². The molecule has 0 aromatic heterocycles. The van der Waals surface area contributed by atoms with Crippen molar-refractivity contribution in [2.24, 2.45) is 0 Å². The summed E-state index contributed by atoms with van der Waals surface area (Å²) in [4.78, 5) is 0. The molecule has 28 heavy (non-hydrogen) atoms. The minimum atomic E-state index is 0.987. The quantitative estimate of drug-likeness (QED) is 0.435. The minimum absolute atomic E-state index is 0.987. The molecule has 0 unspecified atom stereocenters. The van der Waals surface area contributed by atoms with Crippen molar-refractivity contribution in [2.45, 2.75) is 27.2 Å². The van der Waals surface area contributed by atoms with Crippen LogP contribution in [0.4, 0.5) is 0 Å². The zero-order valence-electron chi connectivity index (χ0n) is 17.5. The topological polar surface area (TPSA) is 0 Å². The van der Waals surface area contributed by atoms with Crippen molar-refractivity contribution in [1.82, 2.24) is 0 Å². The molecular formula is C28H32. The van der Waals surface area contributed by atoms with Crippen LogP contribution in [0.15, 0.2) is 121 Å². The summed E-state index contributed by atoms with van der Waals surface area (Å²) in [6.07, 6.45) is 19.1. The normalized spacial score (nSPS) is 13.5. The SMILES string of the molecule is C=C/C=C(\C)C(C=CC=C(/C(C)=C/CC)/C(C=C)=C/C=C)=c1ccc(=C)cc1. The highest BCUT2D eigenvalue weighted by Gasteiger charge is 2.03. The molecule has 0 atom stereocenters. The van der Waals surface area contributed by atoms with E-state index in [-0.39, 0.29) is 0 Å². The van der Waals surface area contributed by atoms with Crippen molar-refractivity contribution < 1.29 is 0 Å². The molecule has 0 aliphatic rings. The number of allylic oxidation sites excluding steroid dienone is 13. The monoisotopic (exact) mass is 368 g/mol. The lowest BCUT2D eigenvalue weighted by molar-refractivity contribution is 1.18. The number of hydrogen-bond donors (Lipinski definition) is 0. The van der Waals surface area contributed by atoms with Crippen molar-refractivity contribution in [3.05, 3.63) is 131 Å². The molecule has 0 heterocycles. The molecule has 144 valence electrons. The molecule has 0 heteroatoms. The van der Waals surface area contributed by atoms with Crippen molar-refractivity contribution in [3.8, 4) is 0 Å². The highest BCUT2D eigenvalue weighted by molar-refractivity contribution is 5.73. The molecule has 0 saturated carbocycles. The van der Waals surface area contributed by atoms with Crippen LogP contribution in [0, 0.1) is 0 Å². The maximum Gasteiger partial charge on any atom is -0.0155 e. The summed E-state index contributed by atoms with van der Waals surface area (Å²) in [6, 6.07) is 8.26. The van der Waals surface area contributed by atoms with E-state index < -0.39 is 0 Å². The number of rotatable bonds is 9. The molecule has 0 nitrogen and oxygen atoms in total. The highest BCUT2D eigenvalue weighted by Crippen LogP contribution is 2.22. The molecule has 1 rings (SSSR count). The van der Waals surface area contributed by atoms with E-state index in [1.165, 1.54) is 5.57 Å². The van der Waals surface area contributed by atoms with Crippen LogP contribution < -0.4 is 10.4 Å². The van der Waals surface area contributed by atoms with Crippen molar-refractivity contribution in [2.75, 3.05) is 0 Å². The van der Waals surface area contributed by atoms with Crippen LogP contribution in [0.5, 0.6) is 0 Å². The fraction of sp³-hybridized carbons (Fsp3) is 0.143. The molecule has 0 N–H and O–H groups in total. The Bertz CT molecular complexity index is 946.